The second-order valence-electron chi connectivity index (χ2n) is 7.55. The standard InChI is InChI=1S/C23H22N4O4S/c1-15(24-23(29)16-5-4-6-18(13-16)27(30)31)22(28)25-19-7-2-3-8-20(19)26-11-9-21-17(14-26)10-12-32-21/h2-8,10,12-13,15H,9,11,14H2,1H3,(H,24,29)(H,25,28). The lowest BCUT2D eigenvalue weighted by molar-refractivity contribution is -0.384. The van der Waals surface area contributed by atoms with Crippen LogP contribution in [0, 0.1) is 10.1 Å². The molecule has 3 aromatic rings. The molecule has 9 heteroatoms. The fraction of sp³-hybridized carbons (Fsp3) is 0.217. The van der Waals surface area contributed by atoms with E-state index in [1.807, 2.05) is 24.3 Å². The quantitative estimate of drug-likeness (QED) is 0.437. The van der Waals surface area contributed by atoms with Gasteiger partial charge in [-0.05, 0) is 48.6 Å². The summed E-state index contributed by atoms with van der Waals surface area (Å²) in [5.41, 5.74) is 2.85. The lowest BCUT2D eigenvalue weighted by Crippen LogP contribution is -2.42. The van der Waals surface area contributed by atoms with E-state index in [1.54, 1.807) is 18.3 Å². The third-order valence-corrected chi connectivity index (χ3v) is 6.39. The van der Waals surface area contributed by atoms with Crippen LogP contribution in [0.2, 0.25) is 0 Å². The maximum Gasteiger partial charge on any atom is 0.270 e. The monoisotopic (exact) mass is 450 g/mol. The van der Waals surface area contributed by atoms with E-state index in [2.05, 4.69) is 27.0 Å². The van der Waals surface area contributed by atoms with Crippen LogP contribution in [0.25, 0.3) is 0 Å². The molecular formula is C23H22N4O4S. The number of nitro groups is 1. The summed E-state index contributed by atoms with van der Waals surface area (Å²) in [4.78, 5) is 39.3. The number of rotatable bonds is 6. The summed E-state index contributed by atoms with van der Waals surface area (Å²) in [6.07, 6.45) is 0.963. The topological polar surface area (TPSA) is 105 Å². The molecule has 2 amide bonds. The summed E-state index contributed by atoms with van der Waals surface area (Å²) in [7, 11) is 0. The summed E-state index contributed by atoms with van der Waals surface area (Å²) in [6.45, 7) is 3.22. The Morgan fingerprint density at radius 2 is 1.97 bits per heavy atom. The molecule has 0 fully saturated rings. The molecule has 32 heavy (non-hydrogen) atoms. The molecule has 164 valence electrons. The summed E-state index contributed by atoms with van der Waals surface area (Å²) in [5.74, 6) is -0.921. The highest BCUT2D eigenvalue weighted by atomic mass is 32.1. The van der Waals surface area contributed by atoms with Crippen molar-refractivity contribution >= 4 is 40.2 Å². The zero-order valence-electron chi connectivity index (χ0n) is 17.4. The molecule has 0 radical (unpaired) electrons. The van der Waals surface area contributed by atoms with Gasteiger partial charge < -0.3 is 15.5 Å². The van der Waals surface area contributed by atoms with Crippen molar-refractivity contribution in [3.63, 3.8) is 0 Å². The predicted molar refractivity (Wildman–Crippen MR) is 124 cm³/mol. The molecule has 0 spiro atoms. The Hall–Kier alpha value is -3.72. The largest absolute Gasteiger partial charge is 0.365 e. The SMILES string of the molecule is CC(NC(=O)c1cccc([N+](=O)[O-])c1)C(=O)Nc1ccccc1N1CCc2sccc2C1. The molecule has 1 aromatic heterocycles. The summed E-state index contributed by atoms with van der Waals surface area (Å²) in [5, 5.41) is 18.6. The molecule has 2 aromatic carbocycles. The number of nitrogens with one attached hydrogen (secondary N) is 2. The van der Waals surface area contributed by atoms with Crippen LogP contribution in [0.4, 0.5) is 17.1 Å². The van der Waals surface area contributed by atoms with Crippen LogP contribution in [0.5, 0.6) is 0 Å². The first-order chi connectivity index (χ1) is 15.4. The minimum absolute atomic E-state index is 0.124. The van der Waals surface area contributed by atoms with Crippen molar-refractivity contribution in [2.45, 2.75) is 25.9 Å². The van der Waals surface area contributed by atoms with Gasteiger partial charge in [-0.1, -0.05) is 18.2 Å². The Labute approximate surface area is 189 Å². The van der Waals surface area contributed by atoms with E-state index in [1.165, 1.54) is 34.7 Å². The fourth-order valence-electron chi connectivity index (χ4n) is 3.66. The van der Waals surface area contributed by atoms with Crippen molar-refractivity contribution in [2.75, 3.05) is 16.8 Å². The Bertz CT molecular complexity index is 1180. The second kappa shape index (κ2) is 9.19. The number of anilines is 2. The molecule has 2 N–H and O–H groups in total. The van der Waals surface area contributed by atoms with Gasteiger partial charge in [-0.2, -0.15) is 0 Å². The number of hydrogen-bond donors (Lipinski definition) is 2. The lowest BCUT2D eigenvalue weighted by atomic mass is 10.1. The Morgan fingerprint density at radius 1 is 1.16 bits per heavy atom. The molecule has 4 rings (SSSR count). The van der Waals surface area contributed by atoms with Crippen LogP contribution in [0.1, 0.15) is 27.7 Å². The number of thiophene rings is 1. The first kappa shape index (κ1) is 21.5. The van der Waals surface area contributed by atoms with Crippen LogP contribution in [0.3, 0.4) is 0 Å². The van der Waals surface area contributed by atoms with Gasteiger partial charge >= 0.3 is 0 Å². The molecule has 1 aliphatic heterocycles. The zero-order chi connectivity index (χ0) is 22.7. The van der Waals surface area contributed by atoms with Gasteiger partial charge in [0.25, 0.3) is 11.6 Å². The minimum Gasteiger partial charge on any atom is -0.365 e. The van der Waals surface area contributed by atoms with E-state index in [0.29, 0.717) is 5.69 Å². The lowest BCUT2D eigenvalue weighted by Gasteiger charge is -2.31. The number of carbonyl (C=O) groups is 2. The van der Waals surface area contributed by atoms with Crippen molar-refractivity contribution < 1.29 is 14.5 Å². The van der Waals surface area contributed by atoms with Gasteiger partial charge in [0.15, 0.2) is 0 Å². The Kier molecular flexibility index (Phi) is 6.18. The number of fused-ring (bicyclic) bond motifs is 1. The highest BCUT2D eigenvalue weighted by Crippen LogP contribution is 2.32. The maximum absolute atomic E-state index is 12.8. The van der Waals surface area contributed by atoms with Gasteiger partial charge in [-0.3, -0.25) is 19.7 Å². The third-order valence-electron chi connectivity index (χ3n) is 5.37. The first-order valence-electron chi connectivity index (χ1n) is 10.2. The average molecular weight is 451 g/mol. The van der Waals surface area contributed by atoms with Crippen LogP contribution in [-0.2, 0) is 17.8 Å². The fourth-order valence-corrected chi connectivity index (χ4v) is 4.55. The zero-order valence-corrected chi connectivity index (χ0v) is 18.2. The summed E-state index contributed by atoms with van der Waals surface area (Å²) in [6, 6.07) is 14.3. The molecule has 2 heterocycles. The molecule has 1 atom stereocenters. The Balaban J connectivity index is 1.43. The highest BCUT2D eigenvalue weighted by molar-refractivity contribution is 7.10. The number of non-ortho nitro benzene ring substituents is 1. The average Bonchev–Trinajstić information content (AvgIpc) is 3.27. The minimum atomic E-state index is -0.834. The van der Waals surface area contributed by atoms with Gasteiger partial charge in [-0.25, -0.2) is 0 Å². The first-order valence-corrected chi connectivity index (χ1v) is 11.1. The Morgan fingerprint density at radius 3 is 2.78 bits per heavy atom. The number of para-hydroxylation sites is 2. The van der Waals surface area contributed by atoms with Crippen LogP contribution in [0.15, 0.2) is 60.0 Å². The molecule has 1 unspecified atom stereocenters. The molecule has 0 bridgehead atoms. The molecule has 0 saturated heterocycles. The van der Waals surface area contributed by atoms with E-state index in [0.717, 1.165) is 25.2 Å². The molecular weight excluding hydrogens is 428 g/mol. The van der Waals surface area contributed by atoms with Crippen LogP contribution >= 0.6 is 11.3 Å². The van der Waals surface area contributed by atoms with Gasteiger partial charge in [-0.15, -0.1) is 11.3 Å². The van der Waals surface area contributed by atoms with Gasteiger partial charge in [0, 0.05) is 35.7 Å². The van der Waals surface area contributed by atoms with Gasteiger partial charge in [0.1, 0.15) is 6.04 Å². The van der Waals surface area contributed by atoms with E-state index < -0.39 is 16.9 Å². The van der Waals surface area contributed by atoms with Crippen molar-refractivity contribution in [1.29, 1.82) is 0 Å². The van der Waals surface area contributed by atoms with Crippen LogP contribution in [-0.4, -0.2) is 29.3 Å². The van der Waals surface area contributed by atoms with Crippen molar-refractivity contribution in [3.05, 3.63) is 86.1 Å². The predicted octanol–water partition coefficient (Wildman–Crippen LogP) is 3.98. The number of nitrogens with zero attached hydrogens (tertiary/aromatic N) is 2. The summed E-state index contributed by atoms with van der Waals surface area (Å²) < 4.78 is 0. The summed E-state index contributed by atoms with van der Waals surface area (Å²) >= 11 is 1.77. The number of amides is 2. The van der Waals surface area contributed by atoms with Crippen LogP contribution < -0.4 is 15.5 Å². The molecule has 1 aliphatic rings. The van der Waals surface area contributed by atoms with Gasteiger partial charge in [0.2, 0.25) is 5.91 Å². The third kappa shape index (κ3) is 4.62. The second-order valence-corrected chi connectivity index (χ2v) is 8.55. The van der Waals surface area contributed by atoms with Gasteiger partial charge in [0.05, 0.1) is 16.3 Å². The highest BCUT2D eigenvalue weighted by Gasteiger charge is 2.22. The normalized spacial score (nSPS) is 13.7. The van der Waals surface area contributed by atoms with E-state index in [-0.39, 0.29) is 17.2 Å². The van der Waals surface area contributed by atoms with E-state index >= 15 is 0 Å². The number of carbonyl (C=O) groups excluding carboxylic acids is 2. The number of hydrogen-bond acceptors (Lipinski definition) is 6. The van der Waals surface area contributed by atoms with Crippen molar-refractivity contribution in [3.8, 4) is 0 Å². The molecule has 0 aliphatic carbocycles. The van der Waals surface area contributed by atoms with E-state index in [9.17, 15) is 19.7 Å². The molecule has 8 nitrogen and oxygen atoms in total. The number of benzene rings is 2. The van der Waals surface area contributed by atoms with E-state index in [4.69, 9.17) is 0 Å². The smallest absolute Gasteiger partial charge is 0.270 e. The maximum atomic E-state index is 12.8. The number of nitro benzene ring substituents is 1. The van der Waals surface area contributed by atoms with Crippen molar-refractivity contribution in [2.24, 2.45) is 0 Å². The van der Waals surface area contributed by atoms with Crippen molar-refractivity contribution in [1.82, 2.24) is 5.32 Å². The molecule has 0 saturated carbocycles.